The number of hydrogen-bond donors (Lipinski definition) is 2. The monoisotopic (exact) mass is 858 g/mol. The van der Waals surface area contributed by atoms with Gasteiger partial charge in [0, 0.05) is 97.4 Å². The molecule has 4 aromatic carbocycles. The third kappa shape index (κ3) is 8.85. The second kappa shape index (κ2) is 18.3. The molecule has 0 spiro atoms. The van der Waals surface area contributed by atoms with Gasteiger partial charge in [0.1, 0.15) is 11.4 Å². The van der Waals surface area contributed by atoms with E-state index in [0.29, 0.717) is 49.4 Å². The summed E-state index contributed by atoms with van der Waals surface area (Å²) in [6.45, 7) is 5.55. The molecule has 4 aliphatic rings. The van der Waals surface area contributed by atoms with Crippen molar-refractivity contribution < 1.29 is 28.7 Å². The van der Waals surface area contributed by atoms with Gasteiger partial charge in [-0.1, -0.05) is 84.9 Å². The molecule has 6 heterocycles. The molecule has 2 amide bonds. The molecule has 2 fully saturated rings. The molecule has 2 saturated heterocycles. The predicted octanol–water partition coefficient (Wildman–Crippen LogP) is 7.81. The van der Waals surface area contributed by atoms with E-state index in [9.17, 15) is 19.2 Å². The second-order valence-corrected chi connectivity index (χ2v) is 17.8. The SMILES string of the molecule is O=C(/C=C/C(=O)OC1c2ccccc2CCN1CC1CCN(C(=O)c2cc3ccccc3[nH]2)CC1)OC1c2ccccc2CCN1CC1CCN(C(=O)c2cc3ccccc3[nH]2)CC1. The van der Waals surface area contributed by atoms with Crippen LogP contribution in [-0.4, -0.2) is 106 Å². The number of likely N-dealkylation sites (tertiary alicyclic amines) is 2. The van der Waals surface area contributed by atoms with Crippen LogP contribution >= 0.6 is 0 Å². The Morgan fingerprint density at radius 3 is 1.33 bits per heavy atom. The first kappa shape index (κ1) is 41.5. The first-order valence-corrected chi connectivity index (χ1v) is 22.8. The summed E-state index contributed by atoms with van der Waals surface area (Å²) in [6, 6.07) is 35.8. The minimum atomic E-state index is -0.614. The van der Waals surface area contributed by atoms with Crippen molar-refractivity contribution in [3.63, 3.8) is 0 Å². The van der Waals surface area contributed by atoms with Gasteiger partial charge >= 0.3 is 11.9 Å². The molecule has 0 bridgehead atoms. The highest BCUT2D eigenvalue weighted by atomic mass is 16.6. The molecule has 12 nitrogen and oxygen atoms in total. The number of aromatic amines is 2. The maximum absolute atomic E-state index is 13.6. The van der Waals surface area contributed by atoms with Gasteiger partial charge in [0.15, 0.2) is 12.5 Å². The Morgan fingerprint density at radius 2 is 0.906 bits per heavy atom. The fourth-order valence-electron chi connectivity index (χ4n) is 10.3. The fraction of sp³-hybridized carbons (Fsp3) is 0.346. The lowest BCUT2D eigenvalue weighted by Gasteiger charge is -2.40. The van der Waals surface area contributed by atoms with Crippen LogP contribution in [0.3, 0.4) is 0 Å². The number of nitrogens with zero attached hydrogens (tertiary/aromatic N) is 4. The molecule has 2 N–H and O–H groups in total. The van der Waals surface area contributed by atoms with Crippen LogP contribution in [-0.2, 0) is 31.9 Å². The summed E-state index contributed by atoms with van der Waals surface area (Å²) in [6.07, 6.45) is 6.24. The smallest absolute Gasteiger partial charge is 0.332 e. The Labute approximate surface area is 372 Å². The van der Waals surface area contributed by atoms with Gasteiger partial charge in [-0.15, -0.1) is 0 Å². The Bertz CT molecular complexity index is 2460. The number of carbonyl (C=O) groups is 4. The lowest BCUT2D eigenvalue weighted by atomic mass is 9.93. The number of rotatable bonds is 10. The topological polar surface area (TPSA) is 131 Å². The van der Waals surface area contributed by atoms with Gasteiger partial charge in [-0.05, 0) is 85.8 Å². The number of carbonyl (C=O) groups excluding carboxylic acids is 4. The number of ether oxygens (including phenoxy) is 2. The van der Waals surface area contributed by atoms with Gasteiger partial charge in [-0.2, -0.15) is 0 Å². The van der Waals surface area contributed by atoms with Gasteiger partial charge in [-0.3, -0.25) is 19.4 Å². The zero-order valence-electron chi connectivity index (χ0n) is 36.0. The molecule has 0 aliphatic carbocycles. The molecule has 2 aromatic heterocycles. The Kier molecular flexibility index (Phi) is 11.9. The Hall–Kier alpha value is -6.50. The van der Waals surface area contributed by atoms with E-state index >= 15 is 0 Å². The third-order valence-electron chi connectivity index (χ3n) is 13.8. The molecular formula is C52H54N6O6. The highest BCUT2D eigenvalue weighted by molar-refractivity contribution is 5.99. The van der Waals surface area contributed by atoms with Crippen molar-refractivity contribution in [3.8, 4) is 0 Å². The van der Waals surface area contributed by atoms with Gasteiger partial charge in [-0.25, -0.2) is 9.59 Å². The van der Waals surface area contributed by atoms with Gasteiger partial charge in [0.2, 0.25) is 0 Å². The number of esters is 2. The number of H-pyrrole nitrogens is 2. The van der Waals surface area contributed by atoms with E-state index in [-0.39, 0.29) is 11.8 Å². The summed E-state index contributed by atoms with van der Waals surface area (Å²) in [7, 11) is 0. The highest BCUT2D eigenvalue weighted by Gasteiger charge is 2.35. The number of amides is 2. The fourth-order valence-corrected chi connectivity index (χ4v) is 10.3. The standard InChI is InChI=1S/C52H54N6O6/c59-47(63-51-41-13-5-1-9-37(41)23-29-57(51)33-35-19-25-55(26-20-35)49(61)45-31-39-11-3-7-15-43(39)53-45)17-18-48(60)64-52-42-14-6-2-10-38(42)24-30-58(52)34-36-21-27-56(28-22-36)50(62)46-32-40-12-4-8-16-44(40)54-46/h1-18,31-32,35-36,51-54H,19-30,33-34H2/b18-17+. The summed E-state index contributed by atoms with van der Waals surface area (Å²) in [5, 5.41) is 2.05. The van der Waals surface area contributed by atoms with Crippen molar-refractivity contribution in [2.24, 2.45) is 11.8 Å². The van der Waals surface area contributed by atoms with Crippen molar-refractivity contribution in [2.45, 2.75) is 51.0 Å². The number of nitrogens with one attached hydrogen (secondary N) is 2. The number of hydrogen-bond acceptors (Lipinski definition) is 8. The molecule has 2 unspecified atom stereocenters. The zero-order valence-corrected chi connectivity index (χ0v) is 36.0. The molecule has 6 aromatic rings. The molecule has 0 radical (unpaired) electrons. The number of piperidine rings is 2. The molecule has 0 saturated carbocycles. The molecular weight excluding hydrogens is 805 g/mol. The number of aromatic nitrogens is 2. The van der Waals surface area contributed by atoms with Crippen LogP contribution in [0.4, 0.5) is 0 Å². The molecule has 2 atom stereocenters. The number of benzene rings is 4. The van der Waals surface area contributed by atoms with Crippen molar-refractivity contribution in [3.05, 3.63) is 155 Å². The van der Waals surface area contributed by atoms with Crippen LogP contribution in [0, 0.1) is 11.8 Å². The van der Waals surface area contributed by atoms with E-state index < -0.39 is 24.4 Å². The first-order chi connectivity index (χ1) is 31.3. The van der Waals surface area contributed by atoms with Crippen molar-refractivity contribution in [2.75, 3.05) is 52.4 Å². The highest BCUT2D eigenvalue weighted by Crippen LogP contribution is 2.35. The van der Waals surface area contributed by atoms with Crippen molar-refractivity contribution >= 4 is 45.6 Å². The largest absolute Gasteiger partial charge is 0.439 e. The van der Waals surface area contributed by atoms with Gasteiger partial charge < -0.3 is 29.2 Å². The maximum atomic E-state index is 13.6. The normalized spacial score (nSPS) is 20.1. The summed E-state index contributed by atoms with van der Waals surface area (Å²) in [5.74, 6) is -0.538. The first-order valence-electron chi connectivity index (χ1n) is 22.8. The number of para-hydroxylation sites is 2. The van der Waals surface area contributed by atoms with Crippen LogP contribution in [0.2, 0.25) is 0 Å². The average molecular weight is 859 g/mol. The molecule has 328 valence electrons. The van der Waals surface area contributed by atoms with Crippen LogP contribution < -0.4 is 0 Å². The summed E-state index contributed by atoms with van der Waals surface area (Å²) in [4.78, 5) is 68.8. The lowest BCUT2D eigenvalue weighted by molar-refractivity contribution is -0.159. The van der Waals surface area contributed by atoms with Crippen LogP contribution in [0.15, 0.2) is 121 Å². The van der Waals surface area contributed by atoms with E-state index in [1.54, 1.807) is 0 Å². The maximum Gasteiger partial charge on any atom is 0.332 e. The summed E-state index contributed by atoms with van der Waals surface area (Å²) >= 11 is 0. The Morgan fingerprint density at radius 1 is 0.516 bits per heavy atom. The van der Waals surface area contributed by atoms with Crippen LogP contribution in [0.25, 0.3) is 21.8 Å². The summed E-state index contributed by atoms with van der Waals surface area (Å²) < 4.78 is 12.4. The van der Waals surface area contributed by atoms with Gasteiger partial charge in [0.25, 0.3) is 11.8 Å². The second-order valence-electron chi connectivity index (χ2n) is 17.8. The average Bonchev–Trinajstić information content (AvgIpc) is 3.98. The van der Waals surface area contributed by atoms with Gasteiger partial charge in [0.05, 0.1) is 0 Å². The zero-order chi connectivity index (χ0) is 43.6. The van der Waals surface area contributed by atoms with Crippen molar-refractivity contribution in [1.29, 1.82) is 0 Å². The quantitative estimate of drug-likeness (QED) is 0.105. The summed E-state index contributed by atoms with van der Waals surface area (Å²) in [5.41, 5.74) is 7.32. The van der Waals surface area contributed by atoms with E-state index in [0.717, 1.165) is 109 Å². The molecule has 64 heavy (non-hydrogen) atoms. The predicted molar refractivity (Wildman–Crippen MR) is 244 cm³/mol. The van der Waals surface area contributed by atoms with E-state index in [2.05, 4.69) is 31.9 Å². The van der Waals surface area contributed by atoms with E-state index in [1.807, 2.05) is 107 Å². The minimum Gasteiger partial charge on any atom is -0.439 e. The lowest BCUT2D eigenvalue weighted by Crippen LogP contribution is -2.45. The van der Waals surface area contributed by atoms with Crippen molar-refractivity contribution in [1.82, 2.24) is 29.6 Å². The van der Waals surface area contributed by atoms with E-state index in [4.69, 9.17) is 9.47 Å². The molecule has 4 aliphatic heterocycles. The minimum absolute atomic E-state index is 0.0203. The third-order valence-corrected chi connectivity index (χ3v) is 13.8. The Balaban J connectivity index is 0.755. The van der Waals surface area contributed by atoms with Crippen LogP contribution in [0.5, 0.6) is 0 Å². The van der Waals surface area contributed by atoms with E-state index in [1.165, 1.54) is 12.2 Å². The number of fused-ring (bicyclic) bond motifs is 4. The molecule has 10 rings (SSSR count). The molecule has 12 heteroatoms. The van der Waals surface area contributed by atoms with Crippen LogP contribution in [0.1, 0.15) is 81.4 Å².